The number of amides is 1. The van der Waals surface area contributed by atoms with E-state index in [9.17, 15) is 13.6 Å². The molecule has 1 fully saturated rings. The third-order valence-corrected chi connectivity index (χ3v) is 7.11. The molecular formula is C25H31F2N2O2P. The van der Waals surface area contributed by atoms with Crippen LogP contribution < -0.4 is 5.32 Å². The lowest BCUT2D eigenvalue weighted by molar-refractivity contribution is -0.0808. The zero-order valence-corrected chi connectivity index (χ0v) is 19.7. The van der Waals surface area contributed by atoms with Gasteiger partial charge in [-0.15, -0.1) is 0 Å². The van der Waals surface area contributed by atoms with Gasteiger partial charge in [-0.05, 0) is 42.5 Å². The lowest BCUT2D eigenvalue weighted by Gasteiger charge is -2.38. The van der Waals surface area contributed by atoms with Gasteiger partial charge in [-0.1, -0.05) is 64.5 Å². The first-order chi connectivity index (χ1) is 15.3. The van der Waals surface area contributed by atoms with E-state index >= 15 is 0 Å². The topological polar surface area (TPSA) is 41.6 Å². The molecular weight excluding hydrogens is 429 g/mol. The van der Waals surface area contributed by atoms with Crippen molar-refractivity contribution in [2.24, 2.45) is 0 Å². The van der Waals surface area contributed by atoms with Crippen molar-refractivity contribution in [1.82, 2.24) is 10.2 Å². The molecule has 4 rings (SSSR count). The average molecular weight is 461 g/mol. The number of ether oxygens (including phenoxy) is 1. The maximum absolute atomic E-state index is 13.7. The quantitative estimate of drug-likeness (QED) is 0.441. The maximum Gasteiger partial charge on any atom is 0.297 e. The molecule has 2 aliphatic rings. The molecule has 1 N–H and O–H groups in total. The first kappa shape index (κ1) is 23.3. The zero-order chi connectivity index (χ0) is 22.9. The van der Waals surface area contributed by atoms with Crippen LogP contribution in [-0.4, -0.2) is 35.9 Å². The van der Waals surface area contributed by atoms with Gasteiger partial charge in [0.15, 0.2) is 6.23 Å². The van der Waals surface area contributed by atoms with Gasteiger partial charge >= 0.3 is 0 Å². The largest absolute Gasteiger partial charge is 0.360 e. The number of halogens is 2. The fourth-order valence-corrected chi connectivity index (χ4v) is 5.34. The second kappa shape index (κ2) is 9.54. The van der Waals surface area contributed by atoms with Gasteiger partial charge in [0.2, 0.25) is 0 Å². The Bertz CT molecular complexity index is 951. The predicted molar refractivity (Wildman–Crippen MR) is 125 cm³/mol. The van der Waals surface area contributed by atoms with Crippen LogP contribution in [0.4, 0.5) is 8.78 Å². The summed E-state index contributed by atoms with van der Waals surface area (Å²) < 4.78 is 32.3. The van der Waals surface area contributed by atoms with Crippen LogP contribution in [0.2, 0.25) is 0 Å². The van der Waals surface area contributed by atoms with Crippen molar-refractivity contribution in [3.05, 3.63) is 70.8 Å². The molecule has 5 unspecified atom stereocenters. The molecule has 172 valence electrons. The van der Waals surface area contributed by atoms with Crippen molar-refractivity contribution in [2.45, 2.75) is 69.0 Å². The molecule has 0 saturated heterocycles. The first-order valence-electron chi connectivity index (χ1n) is 11.2. The third kappa shape index (κ3) is 4.73. The highest BCUT2D eigenvalue weighted by Gasteiger charge is 2.39. The molecule has 7 heteroatoms. The van der Waals surface area contributed by atoms with Gasteiger partial charge in [0.1, 0.15) is 0 Å². The number of benzene rings is 2. The van der Waals surface area contributed by atoms with E-state index in [1.807, 2.05) is 29.2 Å². The van der Waals surface area contributed by atoms with Gasteiger partial charge < -0.3 is 9.64 Å². The van der Waals surface area contributed by atoms with E-state index in [0.29, 0.717) is 18.0 Å². The summed E-state index contributed by atoms with van der Waals surface area (Å²) in [5, 5.41) is 2.81. The number of carbonyl (C=O) groups is 1. The number of nitrogens with one attached hydrogen (secondary N) is 1. The summed E-state index contributed by atoms with van der Waals surface area (Å²) in [6.45, 7) is 2.41. The number of nitrogens with zero attached hydrogens (tertiary/aromatic N) is 1. The summed E-state index contributed by atoms with van der Waals surface area (Å²) >= 11 is 0. The summed E-state index contributed by atoms with van der Waals surface area (Å²) in [6.07, 6.45) is 2.96. The highest BCUT2D eigenvalue weighted by atomic mass is 31.0. The van der Waals surface area contributed by atoms with Crippen molar-refractivity contribution in [3.63, 3.8) is 0 Å². The smallest absolute Gasteiger partial charge is 0.297 e. The molecule has 1 aliphatic carbocycles. The Hall–Kier alpha value is -1.88. The zero-order valence-electron chi connectivity index (χ0n) is 18.6. The highest BCUT2D eigenvalue weighted by molar-refractivity contribution is 7.18. The minimum absolute atomic E-state index is 0.0431. The van der Waals surface area contributed by atoms with Crippen molar-refractivity contribution < 1.29 is 18.3 Å². The van der Waals surface area contributed by atoms with Crippen molar-refractivity contribution >= 4 is 15.1 Å². The van der Waals surface area contributed by atoms with Gasteiger partial charge in [-0.3, -0.25) is 10.1 Å². The molecule has 0 spiro atoms. The number of carbonyl (C=O) groups excluding carboxylic acids is 1. The summed E-state index contributed by atoms with van der Waals surface area (Å²) in [5.41, 5.74) is 0.671. The molecule has 0 aromatic heterocycles. The molecule has 1 heterocycles. The second-order valence-corrected chi connectivity index (χ2v) is 9.67. The van der Waals surface area contributed by atoms with Crippen LogP contribution in [0.25, 0.3) is 0 Å². The van der Waals surface area contributed by atoms with Gasteiger partial charge in [0, 0.05) is 37.2 Å². The normalized spacial score (nSPS) is 23.2. The third-order valence-electron chi connectivity index (χ3n) is 6.81. The van der Waals surface area contributed by atoms with Crippen molar-refractivity contribution in [2.75, 3.05) is 7.11 Å². The number of alkyl halides is 2. The summed E-state index contributed by atoms with van der Waals surface area (Å²) in [4.78, 5) is 15.5. The second-order valence-electron chi connectivity index (χ2n) is 8.90. The Kier molecular flexibility index (Phi) is 6.94. The number of hydrogen-bond acceptors (Lipinski definition) is 3. The standard InChI is InChI=1S/C25H31F2N2O2P/c1-16(28-24(31-2)25(26,27)32)18-12-13-19-15-29(23(30)21(19)14-18)22-11-7-6-10-20(22)17-8-4-3-5-9-17/h3-5,8-9,12-14,16,20,22,24,28H,6-7,10-11,15,32H2,1-2H3. The highest BCUT2D eigenvalue weighted by Crippen LogP contribution is 2.40. The first-order valence-corrected chi connectivity index (χ1v) is 11.8. The van der Waals surface area contributed by atoms with Crippen LogP contribution in [0, 0.1) is 0 Å². The van der Waals surface area contributed by atoms with E-state index in [-0.39, 0.29) is 11.9 Å². The van der Waals surface area contributed by atoms with Crippen LogP contribution in [0.1, 0.15) is 71.6 Å². The van der Waals surface area contributed by atoms with Crippen LogP contribution in [0.3, 0.4) is 0 Å². The Morgan fingerprint density at radius 2 is 1.88 bits per heavy atom. The van der Waals surface area contributed by atoms with E-state index in [1.165, 1.54) is 28.3 Å². The van der Waals surface area contributed by atoms with Crippen LogP contribution >= 0.6 is 9.24 Å². The molecule has 1 amide bonds. The molecule has 2 aromatic carbocycles. The van der Waals surface area contributed by atoms with Gasteiger partial charge in [-0.2, -0.15) is 8.78 Å². The Labute approximate surface area is 190 Å². The van der Waals surface area contributed by atoms with E-state index in [4.69, 9.17) is 4.74 Å². The summed E-state index contributed by atoms with van der Waals surface area (Å²) in [6, 6.07) is 16.0. The van der Waals surface area contributed by atoms with Crippen LogP contribution in [0.15, 0.2) is 48.5 Å². The van der Waals surface area contributed by atoms with Crippen molar-refractivity contribution in [1.29, 1.82) is 0 Å². The molecule has 1 saturated carbocycles. The Balaban J connectivity index is 1.54. The van der Waals surface area contributed by atoms with Gasteiger partial charge in [0.25, 0.3) is 11.6 Å². The Morgan fingerprint density at radius 3 is 2.56 bits per heavy atom. The molecule has 0 radical (unpaired) electrons. The van der Waals surface area contributed by atoms with Gasteiger partial charge in [-0.25, -0.2) is 0 Å². The number of fused-ring (bicyclic) bond motifs is 1. The average Bonchev–Trinajstić information content (AvgIpc) is 3.12. The Morgan fingerprint density at radius 1 is 1.16 bits per heavy atom. The summed E-state index contributed by atoms with van der Waals surface area (Å²) in [7, 11) is 2.76. The van der Waals surface area contributed by atoms with E-state index in [2.05, 4.69) is 29.6 Å². The lowest BCUT2D eigenvalue weighted by atomic mass is 9.79. The van der Waals surface area contributed by atoms with Crippen LogP contribution in [0.5, 0.6) is 0 Å². The lowest BCUT2D eigenvalue weighted by Crippen LogP contribution is -2.43. The molecule has 32 heavy (non-hydrogen) atoms. The van der Waals surface area contributed by atoms with Gasteiger partial charge in [0.05, 0.1) is 0 Å². The molecule has 1 aliphatic heterocycles. The SMILES string of the molecule is COC(NC(C)c1ccc2c(c1)C(=O)N(C1CCCCC1c1ccccc1)C2)C(F)(F)P. The van der Waals surface area contributed by atoms with E-state index in [1.54, 1.807) is 6.92 Å². The fraction of sp³-hybridized carbons (Fsp3) is 0.480. The van der Waals surface area contributed by atoms with Crippen LogP contribution in [-0.2, 0) is 11.3 Å². The number of rotatable bonds is 7. The number of hydrogen-bond donors (Lipinski definition) is 1. The minimum atomic E-state index is -3.10. The molecule has 4 nitrogen and oxygen atoms in total. The minimum Gasteiger partial charge on any atom is -0.360 e. The van der Waals surface area contributed by atoms with E-state index < -0.39 is 17.9 Å². The van der Waals surface area contributed by atoms with E-state index in [0.717, 1.165) is 30.4 Å². The molecule has 2 aromatic rings. The molecule has 0 bridgehead atoms. The maximum atomic E-state index is 13.7. The predicted octanol–water partition coefficient (Wildman–Crippen LogP) is 5.46. The fourth-order valence-electron chi connectivity index (χ4n) is 5.11. The number of methoxy groups -OCH3 is 1. The van der Waals surface area contributed by atoms with Crippen molar-refractivity contribution in [3.8, 4) is 0 Å². The molecule has 5 atom stereocenters. The summed E-state index contributed by atoms with van der Waals surface area (Å²) in [5.74, 6) is 0.386. The monoisotopic (exact) mass is 460 g/mol.